The lowest BCUT2D eigenvalue weighted by molar-refractivity contribution is -0.124. The molecule has 0 fully saturated rings. The van der Waals surface area contributed by atoms with Gasteiger partial charge in [0, 0.05) is 41.2 Å². The van der Waals surface area contributed by atoms with Crippen LogP contribution in [-0.4, -0.2) is 41.5 Å². The van der Waals surface area contributed by atoms with Gasteiger partial charge in [-0.15, -0.1) is 0 Å². The Labute approximate surface area is 206 Å². The van der Waals surface area contributed by atoms with Crippen LogP contribution in [0.1, 0.15) is 47.6 Å². The average molecular weight is 525 g/mol. The first-order valence-corrected chi connectivity index (χ1v) is 11.6. The largest absolute Gasteiger partial charge is 0.453 e. The zero-order valence-corrected chi connectivity index (χ0v) is 20.9. The number of para-hydroxylation sites is 1. The zero-order valence-electron chi connectivity index (χ0n) is 19.3. The summed E-state index contributed by atoms with van der Waals surface area (Å²) in [4.78, 5) is 46.7. The molecule has 3 aromatic rings. The van der Waals surface area contributed by atoms with Gasteiger partial charge in [-0.2, -0.15) is 0 Å². The molecule has 0 unspecified atom stereocenters. The van der Waals surface area contributed by atoms with E-state index in [0.29, 0.717) is 16.8 Å². The van der Waals surface area contributed by atoms with Crippen LogP contribution in [0.2, 0.25) is 0 Å². The highest BCUT2D eigenvalue weighted by Crippen LogP contribution is 2.49. The minimum atomic E-state index is -1.74. The molecule has 34 heavy (non-hydrogen) atoms. The second-order valence-corrected chi connectivity index (χ2v) is 9.32. The predicted molar refractivity (Wildman–Crippen MR) is 131 cm³/mol. The zero-order chi connectivity index (χ0) is 24.6. The van der Waals surface area contributed by atoms with Crippen molar-refractivity contribution in [1.29, 1.82) is 0 Å². The van der Waals surface area contributed by atoms with Crippen LogP contribution in [-0.2, 0) is 15.1 Å². The van der Waals surface area contributed by atoms with Crippen LogP contribution in [0.3, 0.4) is 0 Å². The Morgan fingerprint density at radius 2 is 1.79 bits per heavy atom. The summed E-state index contributed by atoms with van der Waals surface area (Å²) in [5.41, 5.74) is -0.0684. The summed E-state index contributed by atoms with van der Waals surface area (Å²) in [6.07, 6.45) is 2.47. The van der Waals surface area contributed by atoms with Crippen molar-refractivity contribution in [1.82, 2.24) is 14.9 Å². The molecule has 0 saturated carbocycles. The van der Waals surface area contributed by atoms with Crippen LogP contribution < -0.4 is 10.2 Å². The maximum atomic E-state index is 14.3. The van der Waals surface area contributed by atoms with Crippen LogP contribution in [0.5, 0.6) is 0 Å². The number of hydrogen-bond donors (Lipinski definition) is 1. The number of halogens is 1. The number of amides is 2. The third-order valence-corrected chi connectivity index (χ3v) is 6.69. The smallest absolute Gasteiger partial charge is 0.408 e. The standard InChI is InChI=1S/C25H25BrN4O4/c1-15(2)30-14-13-27-22(30)21(31)20(16-9-11-17(26)12-10-16)25(28-24(33)34-4)18-7-5-6-8-19(18)29(3)23(25)32/h5-15,20H,1-4H3,(H,28,33)/t20-,25-/m0/s1. The Hall–Kier alpha value is -3.46. The van der Waals surface area contributed by atoms with Crippen LogP contribution in [0.4, 0.5) is 10.5 Å². The number of rotatable bonds is 6. The van der Waals surface area contributed by atoms with E-state index < -0.39 is 29.2 Å². The van der Waals surface area contributed by atoms with Crippen molar-refractivity contribution in [2.45, 2.75) is 31.3 Å². The molecule has 1 N–H and O–H groups in total. The molecule has 0 saturated heterocycles. The lowest BCUT2D eigenvalue weighted by Crippen LogP contribution is -2.58. The van der Waals surface area contributed by atoms with Crippen molar-refractivity contribution < 1.29 is 19.1 Å². The lowest BCUT2D eigenvalue weighted by Gasteiger charge is -2.36. The van der Waals surface area contributed by atoms with Gasteiger partial charge in [0.25, 0.3) is 5.91 Å². The molecular weight excluding hydrogens is 500 g/mol. The molecule has 2 amide bonds. The number of anilines is 1. The molecular formula is C25H25BrN4O4. The molecule has 1 aliphatic rings. The molecule has 1 aliphatic heterocycles. The molecule has 0 bridgehead atoms. The number of ether oxygens (including phenoxy) is 1. The number of hydrogen-bond acceptors (Lipinski definition) is 5. The maximum absolute atomic E-state index is 14.3. The van der Waals surface area contributed by atoms with Crippen LogP contribution in [0.25, 0.3) is 0 Å². The summed E-state index contributed by atoms with van der Waals surface area (Å²) in [6.45, 7) is 3.89. The number of benzene rings is 2. The number of fused-ring (bicyclic) bond motifs is 1. The van der Waals surface area contributed by atoms with E-state index in [0.717, 1.165) is 4.47 Å². The van der Waals surface area contributed by atoms with Crippen molar-refractivity contribution in [3.8, 4) is 0 Å². The number of nitrogens with zero attached hydrogens (tertiary/aromatic N) is 3. The van der Waals surface area contributed by atoms with Crippen LogP contribution in [0.15, 0.2) is 65.4 Å². The fraction of sp³-hybridized carbons (Fsp3) is 0.280. The molecule has 0 aliphatic carbocycles. The average Bonchev–Trinajstić information content (AvgIpc) is 3.40. The topological polar surface area (TPSA) is 93.5 Å². The molecule has 176 valence electrons. The van der Waals surface area contributed by atoms with E-state index in [-0.39, 0.29) is 11.9 Å². The monoisotopic (exact) mass is 524 g/mol. The normalized spacial score (nSPS) is 18.1. The van der Waals surface area contributed by atoms with Gasteiger partial charge < -0.3 is 19.5 Å². The Morgan fingerprint density at radius 1 is 1.12 bits per heavy atom. The highest BCUT2D eigenvalue weighted by Gasteiger charge is 2.59. The second kappa shape index (κ2) is 9.06. The molecule has 0 radical (unpaired) electrons. The van der Waals surface area contributed by atoms with E-state index in [4.69, 9.17) is 4.74 Å². The fourth-order valence-corrected chi connectivity index (χ4v) is 4.84. The van der Waals surface area contributed by atoms with Crippen molar-refractivity contribution in [3.05, 3.63) is 82.3 Å². The van der Waals surface area contributed by atoms with Gasteiger partial charge in [-0.3, -0.25) is 9.59 Å². The first-order valence-electron chi connectivity index (χ1n) is 10.8. The van der Waals surface area contributed by atoms with Gasteiger partial charge >= 0.3 is 6.09 Å². The molecule has 2 aromatic carbocycles. The number of methoxy groups -OCH3 is 1. The second-order valence-electron chi connectivity index (χ2n) is 8.41. The predicted octanol–water partition coefficient (Wildman–Crippen LogP) is 4.42. The van der Waals surface area contributed by atoms with E-state index >= 15 is 0 Å². The number of nitrogens with one attached hydrogen (secondary N) is 1. The summed E-state index contributed by atoms with van der Waals surface area (Å²) in [5.74, 6) is -1.74. The number of carbonyl (C=O) groups is 3. The molecule has 4 rings (SSSR count). The number of likely N-dealkylation sites (N-methyl/N-ethyl adjacent to an activating group) is 1. The number of aromatic nitrogens is 2. The van der Waals surface area contributed by atoms with Crippen molar-refractivity contribution in [2.24, 2.45) is 0 Å². The third-order valence-electron chi connectivity index (χ3n) is 6.16. The molecule has 0 spiro atoms. The number of ketones is 1. The Balaban J connectivity index is 2.03. The van der Waals surface area contributed by atoms with Gasteiger partial charge in [0.2, 0.25) is 5.78 Å². The summed E-state index contributed by atoms with van der Waals surface area (Å²) in [7, 11) is 2.85. The van der Waals surface area contributed by atoms with Crippen LogP contribution >= 0.6 is 15.9 Å². The van der Waals surface area contributed by atoms with Gasteiger partial charge in [-0.05, 0) is 37.6 Å². The summed E-state index contributed by atoms with van der Waals surface area (Å²) in [6, 6.07) is 14.2. The van der Waals surface area contributed by atoms with Crippen molar-refractivity contribution in [3.63, 3.8) is 0 Å². The Kier molecular flexibility index (Phi) is 6.31. The van der Waals surface area contributed by atoms with E-state index in [1.165, 1.54) is 12.0 Å². The molecule has 9 heteroatoms. The molecule has 1 aromatic heterocycles. The van der Waals surface area contributed by atoms with Crippen LogP contribution in [0, 0.1) is 0 Å². The quantitative estimate of drug-likeness (QED) is 0.481. The summed E-state index contributed by atoms with van der Waals surface area (Å²) < 4.78 is 7.49. The number of Topliss-reactive ketones (excluding diaryl/α,β-unsaturated/α-hetero) is 1. The van der Waals surface area contributed by atoms with Gasteiger partial charge in [0.15, 0.2) is 11.4 Å². The molecule has 8 nitrogen and oxygen atoms in total. The van der Waals surface area contributed by atoms with Gasteiger partial charge in [0.05, 0.1) is 13.0 Å². The number of imidazole rings is 1. The highest BCUT2D eigenvalue weighted by molar-refractivity contribution is 9.10. The van der Waals surface area contributed by atoms with Gasteiger partial charge in [-0.25, -0.2) is 9.78 Å². The lowest BCUT2D eigenvalue weighted by atomic mass is 9.72. The SMILES string of the molecule is COC(=O)N[C@@]1([C@H](C(=O)c2nccn2C(C)C)c2ccc(Br)cc2)C(=O)N(C)c2ccccc21. The van der Waals surface area contributed by atoms with Gasteiger partial charge in [0.1, 0.15) is 0 Å². The first kappa shape index (κ1) is 23.7. The molecule has 2 atom stereocenters. The van der Waals surface area contributed by atoms with Gasteiger partial charge in [-0.1, -0.05) is 46.3 Å². The summed E-state index contributed by atoms with van der Waals surface area (Å²) in [5, 5.41) is 2.76. The third kappa shape index (κ3) is 3.69. The number of alkyl carbamates (subject to hydrolysis) is 1. The number of carbonyl (C=O) groups excluding carboxylic acids is 3. The first-order chi connectivity index (χ1) is 16.2. The van der Waals surface area contributed by atoms with Crippen molar-refractivity contribution >= 4 is 39.4 Å². The van der Waals surface area contributed by atoms with E-state index in [2.05, 4.69) is 26.2 Å². The fourth-order valence-electron chi connectivity index (χ4n) is 4.58. The minimum Gasteiger partial charge on any atom is -0.453 e. The van der Waals surface area contributed by atoms with E-state index in [9.17, 15) is 14.4 Å². The highest BCUT2D eigenvalue weighted by atomic mass is 79.9. The summed E-state index contributed by atoms with van der Waals surface area (Å²) >= 11 is 3.43. The Morgan fingerprint density at radius 3 is 2.44 bits per heavy atom. The Bertz CT molecular complexity index is 1250. The van der Waals surface area contributed by atoms with E-state index in [1.807, 2.05) is 13.8 Å². The maximum Gasteiger partial charge on any atom is 0.408 e. The van der Waals surface area contributed by atoms with Crippen molar-refractivity contribution in [2.75, 3.05) is 19.1 Å². The minimum absolute atomic E-state index is 0.0363. The molecule has 2 heterocycles. The van der Waals surface area contributed by atoms with E-state index in [1.54, 1.807) is 72.5 Å².